The predicted molar refractivity (Wildman–Crippen MR) is 83.6 cm³/mol. The van der Waals surface area contributed by atoms with Crippen molar-refractivity contribution in [1.82, 2.24) is 19.6 Å². The third-order valence-electron chi connectivity index (χ3n) is 3.99. The summed E-state index contributed by atoms with van der Waals surface area (Å²) in [5, 5.41) is 0. The monoisotopic (exact) mass is 282 g/mol. The minimum atomic E-state index is 0.202. The molecule has 2 heterocycles. The average molecular weight is 282 g/mol. The molecular formula is C15H30N4O. The van der Waals surface area contributed by atoms with Gasteiger partial charge in [0.25, 0.3) is 0 Å². The van der Waals surface area contributed by atoms with Gasteiger partial charge in [-0.1, -0.05) is 6.58 Å². The molecule has 0 aromatic carbocycles. The van der Waals surface area contributed by atoms with Gasteiger partial charge in [0.1, 0.15) is 0 Å². The maximum absolute atomic E-state index is 10.8. The minimum absolute atomic E-state index is 0.202. The van der Waals surface area contributed by atoms with Gasteiger partial charge in [-0.3, -0.25) is 4.79 Å². The van der Waals surface area contributed by atoms with Crippen LogP contribution in [0.4, 0.5) is 0 Å². The number of hydrogen-bond donors (Lipinski definition) is 0. The van der Waals surface area contributed by atoms with Crippen molar-refractivity contribution in [3.8, 4) is 0 Å². The van der Waals surface area contributed by atoms with Crippen molar-refractivity contribution in [2.75, 3.05) is 66.5 Å². The van der Waals surface area contributed by atoms with Gasteiger partial charge in [-0.2, -0.15) is 0 Å². The molecule has 0 spiro atoms. The highest BCUT2D eigenvalue weighted by atomic mass is 16.2. The second kappa shape index (κ2) is 8.27. The first-order valence-corrected chi connectivity index (χ1v) is 7.43. The van der Waals surface area contributed by atoms with E-state index in [0.29, 0.717) is 0 Å². The summed E-state index contributed by atoms with van der Waals surface area (Å²) in [5.74, 6) is 0.202. The molecular weight excluding hydrogens is 252 g/mol. The van der Waals surface area contributed by atoms with Crippen LogP contribution in [0.3, 0.4) is 0 Å². The normalized spacial score (nSPS) is 21.2. The summed E-state index contributed by atoms with van der Waals surface area (Å²) in [6.07, 6.45) is 0. The van der Waals surface area contributed by atoms with Gasteiger partial charge in [-0.05, 0) is 21.0 Å². The van der Waals surface area contributed by atoms with E-state index in [1.807, 2.05) is 4.90 Å². The molecule has 0 aromatic heterocycles. The third kappa shape index (κ3) is 5.92. The van der Waals surface area contributed by atoms with Crippen LogP contribution >= 0.6 is 0 Å². The Bertz CT molecular complexity index is 284. The fourth-order valence-electron chi connectivity index (χ4n) is 2.31. The molecule has 2 fully saturated rings. The lowest BCUT2D eigenvalue weighted by Crippen LogP contribution is -2.46. The summed E-state index contributed by atoms with van der Waals surface area (Å²) in [5.41, 5.74) is 1.20. The quantitative estimate of drug-likeness (QED) is 0.702. The molecule has 5 heteroatoms. The van der Waals surface area contributed by atoms with Crippen LogP contribution < -0.4 is 0 Å². The van der Waals surface area contributed by atoms with Crippen LogP contribution in [-0.2, 0) is 4.79 Å². The molecule has 1 amide bonds. The summed E-state index contributed by atoms with van der Waals surface area (Å²) in [7, 11) is 4.24. The average Bonchev–Trinajstić information content (AvgIpc) is 2.40. The number of likely N-dealkylation sites (N-methyl/N-ethyl adjacent to an activating group) is 2. The number of allylic oxidation sites excluding steroid dienone is 1. The lowest BCUT2D eigenvalue weighted by atomic mass is 10.3. The molecule has 5 nitrogen and oxygen atoms in total. The van der Waals surface area contributed by atoms with Crippen LogP contribution in [0.1, 0.15) is 13.8 Å². The number of amides is 1. The van der Waals surface area contributed by atoms with Crippen molar-refractivity contribution in [2.24, 2.45) is 0 Å². The molecule has 0 radical (unpaired) electrons. The van der Waals surface area contributed by atoms with Crippen LogP contribution in [0, 0.1) is 0 Å². The van der Waals surface area contributed by atoms with Gasteiger partial charge in [0.05, 0.1) is 0 Å². The van der Waals surface area contributed by atoms with Crippen LogP contribution in [0.5, 0.6) is 0 Å². The number of nitrogens with zero attached hydrogens (tertiary/aromatic N) is 4. The van der Waals surface area contributed by atoms with Crippen LogP contribution in [0.15, 0.2) is 12.3 Å². The Hall–Kier alpha value is -1.07. The first-order valence-electron chi connectivity index (χ1n) is 7.43. The fraction of sp³-hybridized carbons (Fsp3) is 0.800. The zero-order valence-electron chi connectivity index (χ0n) is 13.6. The van der Waals surface area contributed by atoms with Crippen LogP contribution in [0.25, 0.3) is 0 Å². The Labute approximate surface area is 123 Å². The molecule has 116 valence electrons. The number of rotatable bonds is 1. The van der Waals surface area contributed by atoms with Crippen molar-refractivity contribution < 1.29 is 4.79 Å². The molecule has 2 rings (SSSR count). The maximum Gasteiger partial charge on any atom is 0.219 e. The summed E-state index contributed by atoms with van der Waals surface area (Å²) in [6.45, 7) is 16.1. The molecule has 2 aliphatic rings. The highest BCUT2D eigenvalue weighted by Crippen LogP contribution is 2.04. The largest absolute Gasteiger partial charge is 0.373 e. The van der Waals surface area contributed by atoms with Crippen LogP contribution in [-0.4, -0.2) is 92.0 Å². The highest BCUT2D eigenvalue weighted by molar-refractivity contribution is 5.73. The van der Waals surface area contributed by atoms with Gasteiger partial charge in [0, 0.05) is 65.0 Å². The Morgan fingerprint density at radius 3 is 1.40 bits per heavy atom. The Morgan fingerprint density at radius 1 is 0.750 bits per heavy atom. The second-order valence-corrected chi connectivity index (χ2v) is 5.83. The zero-order valence-corrected chi connectivity index (χ0v) is 13.6. The van der Waals surface area contributed by atoms with E-state index in [0.717, 1.165) is 39.3 Å². The third-order valence-corrected chi connectivity index (χ3v) is 3.99. The van der Waals surface area contributed by atoms with E-state index in [1.165, 1.54) is 18.8 Å². The molecule has 2 aliphatic heterocycles. The highest BCUT2D eigenvalue weighted by Gasteiger charge is 2.14. The van der Waals surface area contributed by atoms with Crippen molar-refractivity contribution in [3.63, 3.8) is 0 Å². The fourth-order valence-corrected chi connectivity index (χ4v) is 2.31. The Balaban J connectivity index is 0.000000200. The predicted octanol–water partition coefficient (Wildman–Crippen LogP) is 0.548. The van der Waals surface area contributed by atoms with Crippen molar-refractivity contribution in [2.45, 2.75) is 13.8 Å². The van der Waals surface area contributed by atoms with E-state index in [9.17, 15) is 4.79 Å². The molecule has 20 heavy (non-hydrogen) atoms. The van der Waals surface area contributed by atoms with Gasteiger partial charge in [-0.15, -0.1) is 0 Å². The first kappa shape index (κ1) is 17.0. The summed E-state index contributed by atoms with van der Waals surface area (Å²) >= 11 is 0. The second-order valence-electron chi connectivity index (χ2n) is 5.83. The van der Waals surface area contributed by atoms with Crippen molar-refractivity contribution in [3.05, 3.63) is 12.3 Å². The molecule has 0 atom stereocenters. The maximum atomic E-state index is 10.8. The number of piperazine rings is 2. The first-order chi connectivity index (χ1) is 9.40. The minimum Gasteiger partial charge on any atom is -0.373 e. The lowest BCUT2D eigenvalue weighted by Gasteiger charge is -2.33. The summed E-state index contributed by atoms with van der Waals surface area (Å²) < 4.78 is 0. The topological polar surface area (TPSA) is 30.0 Å². The van der Waals surface area contributed by atoms with E-state index >= 15 is 0 Å². The number of hydrogen-bond acceptors (Lipinski definition) is 4. The van der Waals surface area contributed by atoms with E-state index in [2.05, 4.69) is 42.3 Å². The van der Waals surface area contributed by atoms with E-state index in [-0.39, 0.29) is 5.91 Å². The molecule has 0 saturated carbocycles. The molecule has 0 unspecified atom stereocenters. The molecule has 0 aromatic rings. The molecule has 2 saturated heterocycles. The van der Waals surface area contributed by atoms with E-state index in [4.69, 9.17) is 0 Å². The van der Waals surface area contributed by atoms with Crippen LogP contribution in [0.2, 0.25) is 0 Å². The smallest absolute Gasteiger partial charge is 0.219 e. The van der Waals surface area contributed by atoms with Gasteiger partial charge in [0.2, 0.25) is 5.91 Å². The lowest BCUT2D eigenvalue weighted by molar-refractivity contribution is -0.130. The molecule has 0 aliphatic carbocycles. The van der Waals surface area contributed by atoms with Gasteiger partial charge >= 0.3 is 0 Å². The van der Waals surface area contributed by atoms with Gasteiger partial charge in [-0.25, -0.2) is 0 Å². The summed E-state index contributed by atoms with van der Waals surface area (Å²) in [6, 6.07) is 0. The SMILES string of the molecule is C=C(C)N1CCN(C)CC1.CC(=O)N1CCN(C)CC1. The van der Waals surface area contributed by atoms with Gasteiger partial charge < -0.3 is 19.6 Å². The number of carbonyl (C=O) groups excluding carboxylic acids is 1. The van der Waals surface area contributed by atoms with E-state index in [1.54, 1.807) is 6.92 Å². The van der Waals surface area contributed by atoms with Crippen molar-refractivity contribution >= 4 is 5.91 Å². The van der Waals surface area contributed by atoms with Gasteiger partial charge in [0.15, 0.2) is 0 Å². The summed E-state index contributed by atoms with van der Waals surface area (Å²) in [4.78, 5) is 19.6. The molecule has 0 N–H and O–H groups in total. The Kier molecular flexibility index (Phi) is 7.02. The zero-order chi connectivity index (χ0) is 15.1. The molecule has 0 bridgehead atoms. The number of carbonyl (C=O) groups is 1. The van der Waals surface area contributed by atoms with E-state index < -0.39 is 0 Å². The Morgan fingerprint density at radius 2 is 1.10 bits per heavy atom. The standard InChI is InChI=1S/C8H16N2.C7H14N2O/c1-8(2)10-6-4-9(3)5-7-10;1-7(10)9-5-3-8(2)4-6-9/h1,4-7H2,2-3H3;3-6H2,1-2H3. The van der Waals surface area contributed by atoms with Crippen molar-refractivity contribution in [1.29, 1.82) is 0 Å².